The maximum atomic E-state index is 12.7. The number of rotatable bonds is 4. The van der Waals surface area contributed by atoms with E-state index in [2.05, 4.69) is 5.32 Å². The molecule has 3 rings (SSSR count). The van der Waals surface area contributed by atoms with Gasteiger partial charge in [-0.05, 0) is 37.7 Å². The Labute approximate surface area is 141 Å². The molecule has 2 aliphatic carbocycles. The second-order valence-electron chi connectivity index (χ2n) is 7.09. The predicted octanol–water partition coefficient (Wildman–Crippen LogP) is 3.84. The number of nitro benzene ring substituents is 1. The lowest BCUT2D eigenvalue weighted by atomic mass is 9.85. The average molecular weight is 332 g/mol. The van der Waals surface area contributed by atoms with Crippen LogP contribution in [0.1, 0.15) is 61.7 Å². The first-order valence-corrected chi connectivity index (χ1v) is 8.68. The fourth-order valence-corrected chi connectivity index (χ4v) is 4.24. The second-order valence-corrected chi connectivity index (χ2v) is 7.09. The summed E-state index contributed by atoms with van der Waals surface area (Å²) < 4.78 is 5.06. The highest BCUT2D eigenvalue weighted by atomic mass is 16.6. The van der Waals surface area contributed by atoms with Crippen LogP contribution in [-0.2, 0) is 0 Å². The van der Waals surface area contributed by atoms with E-state index >= 15 is 0 Å². The summed E-state index contributed by atoms with van der Waals surface area (Å²) in [5, 5.41) is 14.2. The lowest BCUT2D eigenvalue weighted by Crippen LogP contribution is -2.46. The number of benzene rings is 1. The molecule has 0 aromatic heterocycles. The van der Waals surface area contributed by atoms with Crippen molar-refractivity contribution in [3.63, 3.8) is 0 Å². The molecule has 2 atom stereocenters. The number of fused-ring (bicyclic) bond motifs is 2. The second kappa shape index (κ2) is 6.79. The van der Waals surface area contributed by atoms with Gasteiger partial charge in [-0.1, -0.05) is 25.7 Å². The van der Waals surface area contributed by atoms with E-state index in [1.54, 1.807) is 0 Å². The van der Waals surface area contributed by atoms with Crippen LogP contribution in [0.15, 0.2) is 18.2 Å². The van der Waals surface area contributed by atoms with Gasteiger partial charge in [-0.15, -0.1) is 0 Å². The molecule has 0 saturated heterocycles. The van der Waals surface area contributed by atoms with Crippen LogP contribution >= 0.6 is 0 Å². The summed E-state index contributed by atoms with van der Waals surface area (Å²) in [4.78, 5) is 23.2. The van der Waals surface area contributed by atoms with Crippen molar-refractivity contribution >= 4 is 11.6 Å². The largest absolute Gasteiger partial charge is 0.490 e. The molecule has 0 spiro atoms. The van der Waals surface area contributed by atoms with Gasteiger partial charge >= 0.3 is 5.69 Å². The van der Waals surface area contributed by atoms with Gasteiger partial charge in [0.25, 0.3) is 5.91 Å². The molecule has 1 N–H and O–H groups in total. The lowest BCUT2D eigenvalue weighted by molar-refractivity contribution is -0.385. The molecule has 2 bridgehead atoms. The lowest BCUT2D eigenvalue weighted by Gasteiger charge is -2.32. The Balaban J connectivity index is 1.78. The van der Waals surface area contributed by atoms with Crippen molar-refractivity contribution in [2.45, 2.75) is 56.9 Å². The van der Waals surface area contributed by atoms with E-state index in [1.807, 2.05) is 0 Å². The molecule has 2 fully saturated rings. The highest BCUT2D eigenvalue weighted by molar-refractivity contribution is 5.95. The van der Waals surface area contributed by atoms with E-state index < -0.39 is 4.92 Å². The number of hydrogen-bond donors (Lipinski definition) is 1. The number of nitrogens with zero attached hydrogens (tertiary/aromatic N) is 1. The quantitative estimate of drug-likeness (QED) is 0.671. The first-order chi connectivity index (χ1) is 11.5. The minimum Gasteiger partial charge on any atom is -0.490 e. The molecule has 24 heavy (non-hydrogen) atoms. The summed E-state index contributed by atoms with van der Waals surface area (Å²) in [5.74, 6) is 0.675. The van der Waals surface area contributed by atoms with Crippen LogP contribution in [0.3, 0.4) is 0 Å². The van der Waals surface area contributed by atoms with Gasteiger partial charge in [-0.2, -0.15) is 0 Å². The van der Waals surface area contributed by atoms with Crippen LogP contribution in [0.5, 0.6) is 5.75 Å². The average Bonchev–Trinajstić information content (AvgIpc) is 2.98. The molecular weight excluding hydrogens is 308 g/mol. The van der Waals surface area contributed by atoms with E-state index in [0.29, 0.717) is 5.56 Å². The minimum atomic E-state index is -0.504. The van der Waals surface area contributed by atoms with Gasteiger partial charge in [0.1, 0.15) is 0 Å². The molecule has 1 aromatic carbocycles. The Bertz CT molecular complexity index is 646. The molecule has 0 heterocycles. The summed E-state index contributed by atoms with van der Waals surface area (Å²) in [6.07, 6.45) is 9.26. The molecule has 130 valence electrons. The van der Waals surface area contributed by atoms with E-state index in [-0.39, 0.29) is 22.9 Å². The van der Waals surface area contributed by atoms with Crippen LogP contribution < -0.4 is 10.1 Å². The molecule has 2 aliphatic rings. The molecule has 1 aromatic rings. The highest BCUT2D eigenvalue weighted by Crippen LogP contribution is 2.42. The number of nitro groups is 1. The number of amides is 1. The van der Waals surface area contributed by atoms with Gasteiger partial charge < -0.3 is 10.1 Å². The van der Waals surface area contributed by atoms with E-state index in [4.69, 9.17) is 4.74 Å². The first-order valence-electron chi connectivity index (χ1n) is 8.68. The minimum absolute atomic E-state index is 0.100. The van der Waals surface area contributed by atoms with Crippen molar-refractivity contribution in [2.24, 2.45) is 5.92 Å². The SMILES string of the molecule is COc1cc(C(=O)NC23CCCCCC(CC2)C3)ccc1[N+](=O)[O-]. The summed E-state index contributed by atoms with van der Waals surface area (Å²) in [5.41, 5.74) is 0.188. The predicted molar refractivity (Wildman–Crippen MR) is 90.3 cm³/mol. The van der Waals surface area contributed by atoms with Crippen LogP contribution in [-0.4, -0.2) is 23.5 Å². The van der Waals surface area contributed by atoms with E-state index in [1.165, 1.54) is 51.0 Å². The third-order valence-corrected chi connectivity index (χ3v) is 5.50. The molecule has 6 heteroatoms. The van der Waals surface area contributed by atoms with Gasteiger partial charge in [0.05, 0.1) is 12.0 Å². The zero-order valence-electron chi connectivity index (χ0n) is 14.0. The summed E-state index contributed by atoms with van der Waals surface area (Å²) in [6, 6.07) is 4.29. The molecule has 0 radical (unpaired) electrons. The van der Waals surface area contributed by atoms with Crippen molar-refractivity contribution in [3.8, 4) is 5.75 Å². The Kier molecular flexibility index (Phi) is 4.73. The molecule has 6 nitrogen and oxygen atoms in total. The zero-order chi connectivity index (χ0) is 17.2. The molecule has 2 unspecified atom stereocenters. The van der Waals surface area contributed by atoms with Crippen molar-refractivity contribution in [1.82, 2.24) is 5.32 Å². The van der Waals surface area contributed by atoms with Crippen LogP contribution in [0.2, 0.25) is 0 Å². The summed E-state index contributed by atoms with van der Waals surface area (Å²) >= 11 is 0. The van der Waals surface area contributed by atoms with Crippen LogP contribution in [0, 0.1) is 16.0 Å². The van der Waals surface area contributed by atoms with Crippen molar-refractivity contribution in [3.05, 3.63) is 33.9 Å². The summed E-state index contributed by atoms with van der Waals surface area (Å²) in [6.45, 7) is 0. The Morgan fingerprint density at radius 2 is 2.12 bits per heavy atom. The van der Waals surface area contributed by atoms with Crippen molar-refractivity contribution in [2.75, 3.05) is 7.11 Å². The van der Waals surface area contributed by atoms with Gasteiger partial charge in [-0.25, -0.2) is 0 Å². The monoisotopic (exact) mass is 332 g/mol. The van der Waals surface area contributed by atoms with Crippen LogP contribution in [0.25, 0.3) is 0 Å². The molecule has 1 amide bonds. The van der Waals surface area contributed by atoms with Crippen molar-refractivity contribution in [1.29, 1.82) is 0 Å². The topological polar surface area (TPSA) is 81.5 Å². The van der Waals surface area contributed by atoms with E-state index in [9.17, 15) is 14.9 Å². The third-order valence-electron chi connectivity index (χ3n) is 5.50. The zero-order valence-corrected chi connectivity index (χ0v) is 14.0. The van der Waals surface area contributed by atoms with Gasteiger partial charge in [0.15, 0.2) is 5.75 Å². The number of carbonyl (C=O) groups excluding carboxylic acids is 1. The van der Waals surface area contributed by atoms with E-state index in [0.717, 1.165) is 31.6 Å². The number of hydrogen-bond acceptors (Lipinski definition) is 4. The molecule has 2 saturated carbocycles. The Morgan fingerprint density at radius 1 is 1.29 bits per heavy atom. The number of methoxy groups -OCH3 is 1. The first kappa shape index (κ1) is 16.7. The van der Waals surface area contributed by atoms with Crippen molar-refractivity contribution < 1.29 is 14.5 Å². The number of ether oxygens (including phenoxy) is 1. The standard InChI is InChI=1S/C18H24N2O4/c1-24-16-11-14(6-7-15(16)20(22)23)17(21)19-18-9-4-2-3-5-13(12-18)8-10-18/h6-7,11,13H,2-5,8-10,12H2,1H3,(H,19,21). The maximum absolute atomic E-state index is 12.7. The number of nitrogens with one attached hydrogen (secondary N) is 1. The maximum Gasteiger partial charge on any atom is 0.310 e. The van der Waals surface area contributed by atoms with Crippen LogP contribution in [0.4, 0.5) is 5.69 Å². The smallest absolute Gasteiger partial charge is 0.310 e. The fourth-order valence-electron chi connectivity index (χ4n) is 4.24. The fraction of sp³-hybridized carbons (Fsp3) is 0.611. The normalized spacial score (nSPS) is 26.3. The molecular formula is C18H24N2O4. The molecule has 0 aliphatic heterocycles. The highest BCUT2D eigenvalue weighted by Gasteiger charge is 2.40. The van der Waals surface area contributed by atoms with Gasteiger partial charge in [0, 0.05) is 23.2 Å². The third kappa shape index (κ3) is 3.37. The van der Waals surface area contributed by atoms with Gasteiger partial charge in [0.2, 0.25) is 0 Å². The summed E-state index contributed by atoms with van der Waals surface area (Å²) in [7, 11) is 1.37. The Morgan fingerprint density at radius 3 is 2.88 bits per heavy atom. The Hall–Kier alpha value is -2.11. The van der Waals surface area contributed by atoms with Gasteiger partial charge in [-0.3, -0.25) is 14.9 Å². The number of carbonyl (C=O) groups is 1.